The maximum Gasteiger partial charge on any atom is 0.115 e. The summed E-state index contributed by atoms with van der Waals surface area (Å²) in [5.41, 5.74) is 0.0524. The molecule has 0 bridgehead atoms. The summed E-state index contributed by atoms with van der Waals surface area (Å²) in [4.78, 5) is 0. The maximum absolute atomic E-state index is 6.38. The van der Waals surface area contributed by atoms with Crippen LogP contribution >= 0.6 is 0 Å². The van der Waals surface area contributed by atoms with E-state index in [2.05, 4.69) is 56.1 Å². The van der Waals surface area contributed by atoms with Crippen molar-refractivity contribution in [3.63, 3.8) is 0 Å². The van der Waals surface area contributed by atoms with Gasteiger partial charge in [-0.2, -0.15) is 0 Å². The Kier molecular flexibility index (Phi) is 20.8. The summed E-state index contributed by atoms with van der Waals surface area (Å²) < 4.78 is 14.7. The number of nitrogens with zero attached hydrogens (tertiary/aromatic N) is 2. The highest BCUT2D eigenvalue weighted by Crippen LogP contribution is 2.26. The lowest BCUT2D eigenvalue weighted by molar-refractivity contribution is -0.903. The molecule has 212 valence electrons. The molecule has 0 amide bonds. The molecule has 0 atom stereocenters. The van der Waals surface area contributed by atoms with Crippen molar-refractivity contribution in [3.8, 4) is 0 Å². The molecule has 0 rings (SSSR count). The van der Waals surface area contributed by atoms with Crippen LogP contribution in [0.2, 0.25) is 0 Å². The third kappa shape index (κ3) is 24.0. The Labute approximate surface area is 222 Å². The van der Waals surface area contributed by atoms with E-state index in [4.69, 9.17) is 9.47 Å². The van der Waals surface area contributed by atoms with Crippen LogP contribution in [-0.4, -0.2) is 90.8 Å². The van der Waals surface area contributed by atoms with Crippen LogP contribution in [0.5, 0.6) is 0 Å². The van der Waals surface area contributed by atoms with Gasteiger partial charge < -0.3 is 18.4 Å². The fourth-order valence-electron chi connectivity index (χ4n) is 5.54. The highest BCUT2D eigenvalue weighted by molar-refractivity contribution is 4.79. The predicted octanol–water partition coefficient (Wildman–Crippen LogP) is 7.70. The Hall–Kier alpha value is -0.160. The van der Waals surface area contributed by atoms with Crippen LogP contribution in [-0.2, 0) is 9.47 Å². The van der Waals surface area contributed by atoms with Crippen LogP contribution in [0.3, 0.4) is 0 Å². The zero-order chi connectivity index (χ0) is 26.5. The van der Waals surface area contributed by atoms with Crippen LogP contribution in [0.15, 0.2) is 0 Å². The Bertz CT molecular complexity index is 412. The van der Waals surface area contributed by atoms with Crippen molar-refractivity contribution in [2.75, 3.05) is 81.8 Å². The molecule has 0 aromatic carbocycles. The molecule has 0 fully saturated rings. The molecular formula is C31H68N2O2+2. The summed E-state index contributed by atoms with van der Waals surface area (Å²) in [7, 11) is 13.8. The summed E-state index contributed by atoms with van der Waals surface area (Å²) in [5, 5.41) is 0. The van der Waals surface area contributed by atoms with Gasteiger partial charge in [0.05, 0.1) is 68.6 Å². The predicted molar refractivity (Wildman–Crippen MR) is 155 cm³/mol. The van der Waals surface area contributed by atoms with Gasteiger partial charge >= 0.3 is 0 Å². The van der Waals surface area contributed by atoms with E-state index in [1.54, 1.807) is 0 Å². The van der Waals surface area contributed by atoms with Crippen molar-refractivity contribution in [1.29, 1.82) is 0 Å². The first kappa shape index (κ1) is 34.8. The van der Waals surface area contributed by atoms with Gasteiger partial charge in [-0.15, -0.1) is 0 Å². The molecule has 0 spiro atoms. The molecule has 4 heteroatoms. The molecule has 0 heterocycles. The quantitative estimate of drug-likeness (QED) is 0.0894. The monoisotopic (exact) mass is 501 g/mol. The van der Waals surface area contributed by atoms with Gasteiger partial charge in [-0.25, -0.2) is 0 Å². The van der Waals surface area contributed by atoms with Gasteiger partial charge in [-0.05, 0) is 12.8 Å². The molecule has 4 nitrogen and oxygen atoms in total. The molecule has 0 unspecified atom stereocenters. The summed E-state index contributed by atoms with van der Waals surface area (Å²) >= 11 is 0. The molecule has 0 radical (unpaired) electrons. The second-order valence-electron chi connectivity index (χ2n) is 13.5. The SMILES string of the molecule is CCCCCCCCCCOCC(COCCCCCCCCCC)(C[N+](C)(C)C)C[N+](C)(C)C. The van der Waals surface area contributed by atoms with E-state index >= 15 is 0 Å². The van der Waals surface area contributed by atoms with E-state index in [1.165, 1.54) is 103 Å². The zero-order valence-electron chi connectivity index (χ0n) is 25.8. The molecule has 0 aromatic rings. The van der Waals surface area contributed by atoms with E-state index in [0.717, 1.165) is 48.5 Å². The smallest absolute Gasteiger partial charge is 0.115 e. The molecule has 0 aromatic heterocycles. The van der Waals surface area contributed by atoms with E-state index in [-0.39, 0.29) is 5.41 Å². The van der Waals surface area contributed by atoms with Crippen molar-refractivity contribution >= 4 is 0 Å². The molecule has 0 aliphatic heterocycles. The molecule has 0 aliphatic carbocycles. The fraction of sp³-hybridized carbons (Fsp3) is 1.00. The van der Waals surface area contributed by atoms with Crippen LogP contribution in [0.25, 0.3) is 0 Å². The van der Waals surface area contributed by atoms with Crippen molar-refractivity contribution in [1.82, 2.24) is 0 Å². The first-order chi connectivity index (χ1) is 16.5. The number of unbranched alkanes of at least 4 members (excludes halogenated alkanes) is 14. The number of hydrogen-bond acceptors (Lipinski definition) is 2. The van der Waals surface area contributed by atoms with Crippen LogP contribution in [0.1, 0.15) is 117 Å². The second kappa shape index (κ2) is 20.8. The minimum absolute atomic E-state index is 0.0524. The van der Waals surface area contributed by atoms with Gasteiger partial charge in [0.1, 0.15) is 5.41 Å². The van der Waals surface area contributed by atoms with Gasteiger partial charge in [0.15, 0.2) is 0 Å². The molecular weight excluding hydrogens is 432 g/mol. The van der Waals surface area contributed by atoms with Crippen LogP contribution in [0, 0.1) is 5.41 Å². The first-order valence-corrected chi connectivity index (χ1v) is 15.3. The third-order valence-corrected chi connectivity index (χ3v) is 6.72. The van der Waals surface area contributed by atoms with Crippen LogP contribution in [0.4, 0.5) is 0 Å². The number of quaternary nitrogens is 2. The number of rotatable bonds is 26. The lowest BCUT2D eigenvalue weighted by Gasteiger charge is -2.42. The highest BCUT2D eigenvalue weighted by atomic mass is 16.5. The lowest BCUT2D eigenvalue weighted by atomic mass is 9.87. The minimum atomic E-state index is 0.0524. The van der Waals surface area contributed by atoms with Gasteiger partial charge in [-0.3, -0.25) is 0 Å². The number of hydrogen-bond donors (Lipinski definition) is 0. The average Bonchev–Trinajstić information content (AvgIpc) is 2.74. The Morgan fingerprint density at radius 2 is 0.714 bits per heavy atom. The van der Waals surface area contributed by atoms with Crippen molar-refractivity contribution in [2.24, 2.45) is 5.41 Å². The fourth-order valence-corrected chi connectivity index (χ4v) is 5.54. The zero-order valence-corrected chi connectivity index (χ0v) is 25.8. The molecule has 0 saturated heterocycles. The highest BCUT2D eigenvalue weighted by Gasteiger charge is 2.41. The van der Waals surface area contributed by atoms with Crippen molar-refractivity contribution in [3.05, 3.63) is 0 Å². The van der Waals surface area contributed by atoms with Gasteiger partial charge in [0, 0.05) is 13.2 Å². The van der Waals surface area contributed by atoms with E-state index in [0.29, 0.717) is 0 Å². The first-order valence-electron chi connectivity index (χ1n) is 15.3. The summed E-state index contributed by atoms with van der Waals surface area (Å²) in [6.07, 6.45) is 21.6. The topological polar surface area (TPSA) is 18.5 Å². The van der Waals surface area contributed by atoms with E-state index in [9.17, 15) is 0 Å². The van der Waals surface area contributed by atoms with Crippen LogP contribution < -0.4 is 0 Å². The Morgan fingerprint density at radius 1 is 0.429 bits per heavy atom. The molecule has 0 N–H and O–H groups in total. The van der Waals surface area contributed by atoms with Gasteiger partial charge in [0.25, 0.3) is 0 Å². The normalized spacial score (nSPS) is 13.0. The molecule has 0 aliphatic rings. The molecule has 0 saturated carbocycles. The molecule has 35 heavy (non-hydrogen) atoms. The van der Waals surface area contributed by atoms with Gasteiger partial charge in [-0.1, -0.05) is 104 Å². The Balaban J connectivity index is 4.53. The van der Waals surface area contributed by atoms with Crippen molar-refractivity contribution < 1.29 is 18.4 Å². The summed E-state index contributed by atoms with van der Waals surface area (Å²) in [6, 6.07) is 0. The summed E-state index contributed by atoms with van der Waals surface area (Å²) in [5.74, 6) is 0. The number of ether oxygens (including phenoxy) is 2. The standard InChI is InChI=1S/C31H68N2O2/c1-9-11-13-15-17-19-21-23-25-34-29-31(27-32(3,4)5,28-33(6,7)8)30-35-26-24-22-20-18-16-14-12-10-2/h9-30H2,1-8H3/q+2. The summed E-state index contributed by atoms with van der Waals surface area (Å²) in [6.45, 7) is 10.1. The lowest BCUT2D eigenvalue weighted by Crippen LogP contribution is -2.57. The van der Waals surface area contributed by atoms with E-state index < -0.39 is 0 Å². The third-order valence-electron chi connectivity index (χ3n) is 6.72. The largest absolute Gasteiger partial charge is 0.380 e. The van der Waals surface area contributed by atoms with E-state index in [1.807, 2.05) is 0 Å². The second-order valence-corrected chi connectivity index (χ2v) is 13.5. The average molecular weight is 501 g/mol. The Morgan fingerprint density at radius 3 is 1.00 bits per heavy atom. The minimum Gasteiger partial charge on any atom is -0.380 e. The van der Waals surface area contributed by atoms with Gasteiger partial charge in [0.2, 0.25) is 0 Å². The van der Waals surface area contributed by atoms with Crippen molar-refractivity contribution in [2.45, 2.75) is 117 Å². The maximum atomic E-state index is 6.38.